The zero-order valence-corrected chi connectivity index (χ0v) is 11.4. The molecular weight excluding hydrogens is 262 g/mol. The molecule has 19 heavy (non-hydrogen) atoms. The third-order valence-corrected chi connectivity index (χ3v) is 4.08. The largest absolute Gasteiger partial charge is 0.379 e. The van der Waals surface area contributed by atoms with E-state index in [1.54, 1.807) is 10.9 Å². The van der Waals surface area contributed by atoms with E-state index in [4.69, 9.17) is 17.3 Å². The zero-order valence-electron chi connectivity index (χ0n) is 10.7. The van der Waals surface area contributed by atoms with E-state index < -0.39 is 5.60 Å². The van der Waals surface area contributed by atoms with Crippen LogP contribution in [-0.4, -0.2) is 14.9 Å². The minimum absolute atomic E-state index is 0.183. The van der Waals surface area contributed by atoms with Crippen molar-refractivity contribution in [1.82, 2.24) is 9.78 Å². The van der Waals surface area contributed by atoms with Crippen LogP contribution < -0.4 is 5.73 Å². The molecule has 3 N–H and O–H groups in total. The molecule has 0 aliphatic heterocycles. The van der Waals surface area contributed by atoms with Crippen molar-refractivity contribution >= 4 is 11.6 Å². The Morgan fingerprint density at radius 2 is 2.26 bits per heavy atom. The lowest BCUT2D eigenvalue weighted by Gasteiger charge is -2.25. The maximum Gasteiger partial charge on any atom is 0.135 e. The van der Waals surface area contributed by atoms with Gasteiger partial charge in [0.25, 0.3) is 0 Å². The van der Waals surface area contributed by atoms with Crippen LogP contribution in [0.25, 0.3) is 0 Å². The minimum Gasteiger partial charge on any atom is -0.379 e. The van der Waals surface area contributed by atoms with Crippen molar-refractivity contribution in [3.05, 3.63) is 52.3 Å². The average molecular weight is 278 g/mol. The molecule has 2 unspecified atom stereocenters. The fourth-order valence-corrected chi connectivity index (χ4v) is 3.27. The summed E-state index contributed by atoms with van der Waals surface area (Å²) in [6.07, 6.45) is 2.00. The van der Waals surface area contributed by atoms with Gasteiger partial charge in [0, 0.05) is 19.0 Å². The highest BCUT2D eigenvalue weighted by atomic mass is 35.5. The first-order valence-corrected chi connectivity index (χ1v) is 6.75. The van der Waals surface area contributed by atoms with Gasteiger partial charge in [0.1, 0.15) is 5.60 Å². The van der Waals surface area contributed by atoms with Gasteiger partial charge in [-0.05, 0) is 18.1 Å². The van der Waals surface area contributed by atoms with Crippen molar-refractivity contribution in [2.24, 2.45) is 5.73 Å². The van der Waals surface area contributed by atoms with E-state index in [1.807, 2.05) is 31.2 Å². The molecule has 1 aromatic heterocycles. The summed E-state index contributed by atoms with van der Waals surface area (Å²) in [7, 11) is 0. The normalized spacial score (nSPS) is 25.6. The second kappa shape index (κ2) is 4.34. The number of benzene rings is 1. The topological polar surface area (TPSA) is 64.1 Å². The highest BCUT2D eigenvalue weighted by Crippen LogP contribution is 2.47. The first kappa shape index (κ1) is 12.7. The molecule has 0 radical (unpaired) electrons. The molecule has 2 atom stereocenters. The second-order valence-corrected chi connectivity index (χ2v) is 5.32. The summed E-state index contributed by atoms with van der Waals surface area (Å²) < 4.78 is 1.73. The van der Waals surface area contributed by atoms with Gasteiger partial charge in [-0.2, -0.15) is 5.10 Å². The van der Waals surface area contributed by atoms with Gasteiger partial charge in [-0.1, -0.05) is 35.9 Å². The summed E-state index contributed by atoms with van der Waals surface area (Å²) in [6, 6.07) is 7.52. The number of nitrogens with zero attached hydrogens (tertiary/aromatic N) is 2. The van der Waals surface area contributed by atoms with Gasteiger partial charge in [-0.25, -0.2) is 0 Å². The van der Waals surface area contributed by atoms with Crippen molar-refractivity contribution in [3.63, 3.8) is 0 Å². The Labute approximate surface area is 116 Å². The summed E-state index contributed by atoms with van der Waals surface area (Å²) in [5, 5.41) is 15.8. The molecule has 0 saturated carbocycles. The Morgan fingerprint density at radius 1 is 1.53 bits per heavy atom. The molecule has 0 bridgehead atoms. The molecule has 0 fully saturated rings. The molecule has 1 aliphatic carbocycles. The van der Waals surface area contributed by atoms with Gasteiger partial charge in [-0.15, -0.1) is 0 Å². The van der Waals surface area contributed by atoms with Crippen LogP contribution in [0.1, 0.15) is 36.2 Å². The minimum atomic E-state index is -1.15. The summed E-state index contributed by atoms with van der Waals surface area (Å²) in [5.74, 6) is 0. The SMILES string of the molecule is CCn1ncc(Cl)c1C1(O)CC(N)c2ccccc21. The first-order valence-electron chi connectivity index (χ1n) is 6.37. The molecule has 1 aliphatic rings. The molecule has 0 spiro atoms. The molecule has 3 rings (SSSR count). The van der Waals surface area contributed by atoms with Crippen LogP contribution in [-0.2, 0) is 12.1 Å². The van der Waals surface area contributed by atoms with Crippen molar-refractivity contribution < 1.29 is 5.11 Å². The summed E-state index contributed by atoms with van der Waals surface area (Å²) in [5.41, 5.74) is 7.43. The predicted molar refractivity (Wildman–Crippen MR) is 73.9 cm³/mol. The number of rotatable bonds is 2. The van der Waals surface area contributed by atoms with Crippen LogP contribution >= 0.6 is 11.6 Å². The number of fused-ring (bicyclic) bond motifs is 1. The van der Waals surface area contributed by atoms with Gasteiger partial charge in [0.2, 0.25) is 0 Å². The first-order chi connectivity index (χ1) is 9.08. The summed E-state index contributed by atoms with van der Waals surface area (Å²) >= 11 is 6.22. The van der Waals surface area contributed by atoms with E-state index in [1.165, 1.54) is 0 Å². The van der Waals surface area contributed by atoms with Gasteiger partial charge < -0.3 is 10.8 Å². The van der Waals surface area contributed by atoms with Crippen LogP contribution in [0.2, 0.25) is 5.02 Å². The highest BCUT2D eigenvalue weighted by Gasteiger charge is 2.45. The van der Waals surface area contributed by atoms with E-state index >= 15 is 0 Å². The lowest BCUT2D eigenvalue weighted by molar-refractivity contribution is 0.0680. The third-order valence-electron chi connectivity index (χ3n) is 3.81. The quantitative estimate of drug-likeness (QED) is 0.884. The smallest absolute Gasteiger partial charge is 0.135 e. The van der Waals surface area contributed by atoms with E-state index in [2.05, 4.69) is 5.10 Å². The Bertz CT molecular complexity index is 625. The number of halogens is 1. The average Bonchev–Trinajstić information content (AvgIpc) is 2.90. The number of aromatic nitrogens is 2. The molecule has 5 heteroatoms. The second-order valence-electron chi connectivity index (χ2n) is 4.92. The zero-order chi connectivity index (χ0) is 13.6. The summed E-state index contributed by atoms with van der Waals surface area (Å²) in [4.78, 5) is 0. The van der Waals surface area contributed by atoms with E-state index in [0.717, 1.165) is 11.1 Å². The molecule has 2 aromatic rings. The van der Waals surface area contributed by atoms with Crippen molar-refractivity contribution in [1.29, 1.82) is 0 Å². The van der Waals surface area contributed by atoms with Crippen molar-refractivity contribution in [3.8, 4) is 0 Å². The molecule has 4 nitrogen and oxygen atoms in total. The molecule has 1 heterocycles. The van der Waals surface area contributed by atoms with Crippen LogP contribution in [0.5, 0.6) is 0 Å². The van der Waals surface area contributed by atoms with E-state index in [9.17, 15) is 5.11 Å². The maximum absolute atomic E-state index is 11.1. The van der Waals surface area contributed by atoms with Gasteiger partial charge >= 0.3 is 0 Å². The Balaban J connectivity index is 2.23. The lowest BCUT2D eigenvalue weighted by Crippen LogP contribution is -2.29. The predicted octanol–water partition coefficient (Wildman–Crippen LogP) is 2.20. The van der Waals surface area contributed by atoms with Crippen LogP contribution in [0, 0.1) is 0 Å². The molecule has 1 aromatic carbocycles. The van der Waals surface area contributed by atoms with Crippen molar-refractivity contribution in [2.45, 2.75) is 31.5 Å². The van der Waals surface area contributed by atoms with E-state index in [0.29, 0.717) is 23.7 Å². The highest BCUT2D eigenvalue weighted by molar-refractivity contribution is 6.31. The lowest BCUT2D eigenvalue weighted by atomic mass is 9.92. The van der Waals surface area contributed by atoms with Gasteiger partial charge in [0.15, 0.2) is 0 Å². The molecule has 100 valence electrons. The number of aryl methyl sites for hydroxylation is 1. The molecule has 0 saturated heterocycles. The third kappa shape index (κ3) is 1.71. The fourth-order valence-electron chi connectivity index (χ4n) is 2.97. The number of hydrogen-bond acceptors (Lipinski definition) is 3. The number of hydrogen-bond donors (Lipinski definition) is 2. The Hall–Kier alpha value is -1.36. The molecule has 0 amide bonds. The van der Waals surface area contributed by atoms with E-state index in [-0.39, 0.29) is 6.04 Å². The van der Waals surface area contributed by atoms with Crippen molar-refractivity contribution in [2.75, 3.05) is 0 Å². The maximum atomic E-state index is 11.1. The fraction of sp³-hybridized carbons (Fsp3) is 0.357. The Kier molecular flexibility index (Phi) is 2.89. The number of nitrogens with two attached hydrogens (primary N) is 1. The van der Waals surface area contributed by atoms with Crippen LogP contribution in [0.15, 0.2) is 30.5 Å². The monoisotopic (exact) mass is 277 g/mol. The standard InChI is InChI=1S/C14H16ClN3O/c1-2-18-13(11(15)8-17-18)14(19)7-12(16)9-5-3-4-6-10(9)14/h3-6,8,12,19H,2,7,16H2,1H3. The summed E-state index contributed by atoms with van der Waals surface area (Å²) in [6.45, 7) is 2.62. The van der Waals surface area contributed by atoms with Gasteiger partial charge in [-0.3, -0.25) is 4.68 Å². The van der Waals surface area contributed by atoms with Crippen LogP contribution in [0.3, 0.4) is 0 Å². The Morgan fingerprint density at radius 3 is 3.00 bits per heavy atom. The van der Waals surface area contributed by atoms with Gasteiger partial charge in [0.05, 0.1) is 16.9 Å². The van der Waals surface area contributed by atoms with Crippen LogP contribution in [0.4, 0.5) is 0 Å². The molecular formula is C14H16ClN3O. The number of aliphatic hydroxyl groups is 1.